The number of hydrogen-bond acceptors (Lipinski definition) is 2. The number of benzene rings is 1. The van der Waals surface area contributed by atoms with Crippen LogP contribution in [0.4, 0.5) is 0 Å². The Labute approximate surface area is 104 Å². The van der Waals surface area contributed by atoms with Crippen LogP contribution in [0, 0.1) is 14.2 Å². The first-order valence-corrected chi connectivity index (χ1v) is 6.23. The van der Waals surface area contributed by atoms with E-state index in [1.165, 1.54) is 8.27 Å². The lowest BCUT2D eigenvalue weighted by Gasteiger charge is -2.00. The van der Waals surface area contributed by atoms with E-state index in [4.69, 9.17) is 16.9 Å². The number of nitrogens with zero attached hydrogens (tertiary/aromatic N) is 1. The molecule has 0 aliphatic carbocycles. The Morgan fingerprint density at radius 1 is 1.50 bits per heavy atom. The van der Waals surface area contributed by atoms with Crippen molar-refractivity contribution in [2.75, 3.05) is 0 Å². The zero-order chi connectivity index (χ0) is 10.1. The zero-order valence-electron chi connectivity index (χ0n) is 7.05. The lowest BCUT2D eigenvalue weighted by molar-refractivity contribution is 1.29. The fourth-order valence-corrected chi connectivity index (χ4v) is 3.56. The number of nitriles is 1. The number of halogens is 2. The van der Waals surface area contributed by atoms with Crippen LogP contribution in [0.3, 0.4) is 0 Å². The summed E-state index contributed by atoms with van der Waals surface area (Å²) in [6.45, 7) is 0. The summed E-state index contributed by atoms with van der Waals surface area (Å²) in [4.78, 5) is 0. The van der Waals surface area contributed by atoms with Crippen molar-refractivity contribution in [2.24, 2.45) is 0 Å². The largest absolute Gasteiger partial charge is 0.198 e. The first-order chi connectivity index (χ1) is 6.72. The molecule has 1 heterocycles. The Morgan fingerprint density at radius 2 is 2.29 bits per heavy atom. The molecule has 0 bridgehead atoms. The number of rotatable bonds is 1. The molecule has 4 heteroatoms. The van der Waals surface area contributed by atoms with E-state index in [0.29, 0.717) is 11.4 Å². The van der Waals surface area contributed by atoms with Gasteiger partial charge in [-0.3, -0.25) is 0 Å². The van der Waals surface area contributed by atoms with Gasteiger partial charge in [-0.1, -0.05) is 17.7 Å². The predicted molar refractivity (Wildman–Crippen MR) is 68.9 cm³/mol. The lowest BCUT2D eigenvalue weighted by Crippen LogP contribution is -1.82. The highest BCUT2D eigenvalue weighted by Gasteiger charge is 2.08. The molecule has 0 saturated heterocycles. The molecule has 1 nitrogen and oxygen atoms in total. The van der Waals surface area contributed by atoms with Crippen molar-refractivity contribution in [1.29, 1.82) is 5.26 Å². The molecule has 0 aliphatic heterocycles. The molecule has 0 fully saturated rings. The van der Waals surface area contributed by atoms with Crippen molar-refractivity contribution in [3.05, 3.63) is 31.7 Å². The zero-order valence-corrected chi connectivity index (χ0v) is 10.8. The van der Waals surface area contributed by atoms with Gasteiger partial charge in [-0.05, 0) is 40.1 Å². The highest BCUT2D eigenvalue weighted by atomic mass is 127. The molecular weight excluding hydrogens is 329 g/mol. The molecule has 2 aromatic rings. The molecule has 0 N–H and O–H groups in total. The summed E-state index contributed by atoms with van der Waals surface area (Å²) in [5, 5.41) is 10.6. The summed E-state index contributed by atoms with van der Waals surface area (Å²) < 4.78 is 2.36. The van der Waals surface area contributed by atoms with Crippen LogP contribution in [0.5, 0.6) is 0 Å². The van der Waals surface area contributed by atoms with E-state index in [1.807, 2.05) is 12.1 Å². The molecule has 0 unspecified atom stereocenters. The van der Waals surface area contributed by atoms with Gasteiger partial charge in [0.15, 0.2) is 0 Å². The van der Waals surface area contributed by atoms with E-state index in [2.05, 4.69) is 34.7 Å². The second kappa shape index (κ2) is 4.05. The van der Waals surface area contributed by atoms with E-state index < -0.39 is 0 Å². The third-order valence-electron chi connectivity index (χ3n) is 1.96. The minimum absolute atomic E-state index is 0.382. The lowest BCUT2D eigenvalue weighted by atomic mass is 10.1. The van der Waals surface area contributed by atoms with Gasteiger partial charge in [0.25, 0.3) is 0 Å². The maximum Gasteiger partial charge on any atom is 0.0670 e. The second-order valence-corrected chi connectivity index (χ2v) is 6.18. The monoisotopic (exact) mass is 333 g/mol. The Hall–Kier alpha value is -0.310. The van der Waals surface area contributed by atoms with Crippen molar-refractivity contribution in [2.45, 2.75) is 6.42 Å². The maximum atomic E-state index is 8.70. The van der Waals surface area contributed by atoms with Crippen molar-refractivity contribution >= 4 is 55.6 Å². The smallest absolute Gasteiger partial charge is 0.0670 e. The molecule has 14 heavy (non-hydrogen) atoms. The minimum Gasteiger partial charge on any atom is -0.198 e. The molecule has 1 aromatic carbocycles. The molecule has 0 atom stereocenters. The Kier molecular flexibility index (Phi) is 2.96. The summed E-state index contributed by atoms with van der Waals surface area (Å²) in [5.41, 5.74) is 0.958. The highest BCUT2D eigenvalue weighted by Crippen LogP contribution is 2.33. The molecular formula is C10H5ClINS. The van der Waals surface area contributed by atoms with Crippen LogP contribution in [-0.2, 0) is 6.42 Å². The molecule has 0 saturated carbocycles. The van der Waals surface area contributed by atoms with Crippen LogP contribution in [-0.4, -0.2) is 0 Å². The van der Waals surface area contributed by atoms with E-state index in [-0.39, 0.29) is 0 Å². The van der Waals surface area contributed by atoms with Gasteiger partial charge in [0.2, 0.25) is 0 Å². The van der Waals surface area contributed by atoms with Crippen LogP contribution in [0.15, 0.2) is 18.2 Å². The average Bonchev–Trinajstić information content (AvgIpc) is 2.51. The molecule has 0 radical (unpaired) electrons. The predicted octanol–water partition coefficient (Wildman–Crippen LogP) is 4.23. The summed E-state index contributed by atoms with van der Waals surface area (Å²) in [7, 11) is 0. The first kappa shape index (κ1) is 10.2. The standard InChI is InChI=1S/C10H5ClINS/c11-8-2-1-6-5-9(12)14-10(6)7(8)3-4-13/h1-2,5H,3H2. The summed E-state index contributed by atoms with van der Waals surface area (Å²) >= 11 is 10.0. The Bertz CT molecular complexity index is 527. The molecule has 1 aromatic heterocycles. The topological polar surface area (TPSA) is 23.8 Å². The molecule has 0 aliphatic rings. The highest BCUT2D eigenvalue weighted by molar-refractivity contribution is 14.1. The van der Waals surface area contributed by atoms with Gasteiger partial charge in [0.1, 0.15) is 0 Å². The van der Waals surface area contributed by atoms with E-state index in [1.54, 1.807) is 11.3 Å². The van der Waals surface area contributed by atoms with Gasteiger partial charge in [0.05, 0.1) is 15.4 Å². The number of thiophene rings is 1. The average molecular weight is 334 g/mol. The molecule has 2 rings (SSSR count). The molecule has 0 spiro atoms. The van der Waals surface area contributed by atoms with Crippen LogP contribution in [0.2, 0.25) is 5.02 Å². The maximum absolute atomic E-state index is 8.70. The first-order valence-electron chi connectivity index (χ1n) is 3.95. The fraction of sp³-hybridized carbons (Fsp3) is 0.100. The van der Waals surface area contributed by atoms with Gasteiger partial charge in [-0.2, -0.15) is 5.26 Å². The third-order valence-corrected chi connectivity index (χ3v) is 4.28. The Balaban J connectivity index is 2.76. The molecule has 70 valence electrons. The summed E-state index contributed by atoms with van der Waals surface area (Å²) in [6, 6.07) is 8.11. The van der Waals surface area contributed by atoms with Crippen LogP contribution < -0.4 is 0 Å². The van der Waals surface area contributed by atoms with Crippen LogP contribution >= 0.6 is 45.5 Å². The fourth-order valence-electron chi connectivity index (χ4n) is 1.35. The number of fused-ring (bicyclic) bond motifs is 1. The molecule has 0 amide bonds. The van der Waals surface area contributed by atoms with Gasteiger partial charge in [0, 0.05) is 15.3 Å². The van der Waals surface area contributed by atoms with Crippen molar-refractivity contribution in [3.63, 3.8) is 0 Å². The summed E-state index contributed by atoms with van der Waals surface area (Å²) in [6.07, 6.45) is 0.382. The SMILES string of the molecule is N#CCc1c(Cl)ccc2cc(I)sc12. The Morgan fingerprint density at radius 3 is 3.00 bits per heavy atom. The van der Waals surface area contributed by atoms with E-state index >= 15 is 0 Å². The quantitative estimate of drug-likeness (QED) is 0.717. The second-order valence-electron chi connectivity index (χ2n) is 2.83. The van der Waals surface area contributed by atoms with Crippen molar-refractivity contribution < 1.29 is 0 Å². The minimum atomic E-state index is 0.382. The third kappa shape index (κ3) is 1.74. The van der Waals surface area contributed by atoms with Gasteiger partial charge < -0.3 is 0 Å². The van der Waals surface area contributed by atoms with Crippen LogP contribution in [0.1, 0.15) is 5.56 Å². The normalized spacial score (nSPS) is 10.4. The number of hydrogen-bond donors (Lipinski definition) is 0. The van der Waals surface area contributed by atoms with E-state index in [0.717, 1.165) is 10.3 Å². The van der Waals surface area contributed by atoms with Crippen molar-refractivity contribution in [3.8, 4) is 6.07 Å². The van der Waals surface area contributed by atoms with Gasteiger partial charge in [-0.25, -0.2) is 0 Å². The van der Waals surface area contributed by atoms with Gasteiger partial charge >= 0.3 is 0 Å². The van der Waals surface area contributed by atoms with Gasteiger partial charge in [-0.15, -0.1) is 11.3 Å². The summed E-state index contributed by atoms with van der Waals surface area (Å²) in [5.74, 6) is 0. The van der Waals surface area contributed by atoms with Crippen LogP contribution in [0.25, 0.3) is 10.1 Å². The van der Waals surface area contributed by atoms with E-state index in [9.17, 15) is 0 Å². The van der Waals surface area contributed by atoms with Crippen molar-refractivity contribution in [1.82, 2.24) is 0 Å².